The van der Waals surface area contributed by atoms with Gasteiger partial charge in [0.2, 0.25) is 0 Å². The van der Waals surface area contributed by atoms with Crippen molar-refractivity contribution in [3.8, 4) is 0 Å². The molecule has 60 heavy (non-hydrogen) atoms. The van der Waals surface area contributed by atoms with Gasteiger partial charge in [0, 0.05) is 11.9 Å². The monoisotopic (exact) mass is 913 g/mol. The second kappa shape index (κ2) is 27.1. The lowest BCUT2D eigenvalue weighted by atomic mass is 9.47. The molecule has 0 aromatic heterocycles. The lowest BCUT2D eigenvalue weighted by Gasteiger charge is -2.58. The fraction of sp³-hybridized carbons (Fsp3) is 0.855. The van der Waals surface area contributed by atoms with E-state index in [0.29, 0.717) is 22.7 Å². The van der Waals surface area contributed by atoms with Gasteiger partial charge >= 0.3 is 8.56 Å². The molecule has 346 valence electrons. The number of ether oxygens (including phenoxy) is 1. The predicted molar refractivity (Wildman–Crippen MR) is 267 cm³/mol. The van der Waals surface area contributed by atoms with Crippen molar-refractivity contribution in [2.45, 2.75) is 234 Å². The van der Waals surface area contributed by atoms with Crippen molar-refractivity contribution in [2.75, 3.05) is 11.9 Å². The summed E-state index contributed by atoms with van der Waals surface area (Å²) in [6.45, 7) is 22.6. The fourth-order valence-corrected chi connectivity index (χ4v) is 14.5. The number of fused-ring (bicyclic) bond motifs is 5. The summed E-state index contributed by atoms with van der Waals surface area (Å²) >= 11 is 3.58. The summed E-state index contributed by atoms with van der Waals surface area (Å²) in [5.41, 5.74) is 2.55. The van der Waals surface area contributed by atoms with Gasteiger partial charge in [-0.05, 0) is 181 Å². The first-order chi connectivity index (χ1) is 28.9. The molecule has 0 aromatic carbocycles. The molecule has 0 spiro atoms. The average Bonchev–Trinajstić information content (AvgIpc) is 3.58. The fourth-order valence-electron chi connectivity index (χ4n) is 12.6. The van der Waals surface area contributed by atoms with Crippen molar-refractivity contribution in [3.05, 3.63) is 48.1 Å². The van der Waals surface area contributed by atoms with Crippen molar-refractivity contribution in [3.63, 3.8) is 0 Å². The number of hydrogen-bond acceptors (Lipinski definition) is 3. The summed E-state index contributed by atoms with van der Waals surface area (Å²) in [7, 11) is -2.32. The summed E-state index contributed by atoms with van der Waals surface area (Å²) in [5.74, 6) is 5.53. The van der Waals surface area contributed by atoms with E-state index in [-0.39, 0.29) is 12.4 Å². The van der Waals surface area contributed by atoms with Crippen molar-refractivity contribution in [1.29, 1.82) is 0 Å². The summed E-state index contributed by atoms with van der Waals surface area (Å²) < 4.78 is 20.5. The van der Waals surface area contributed by atoms with Crippen LogP contribution in [0.15, 0.2) is 48.1 Å². The first-order valence-electron chi connectivity index (χ1n) is 26.1. The summed E-state index contributed by atoms with van der Waals surface area (Å²) in [6, 6.07) is 0. The molecule has 10 atom stereocenters. The third kappa shape index (κ3) is 15.9. The van der Waals surface area contributed by atoms with Gasteiger partial charge in [-0.3, -0.25) is 0 Å². The molecule has 0 bridgehead atoms. The predicted octanol–water partition coefficient (Wildman–Crippen LogP) is 17.7. The van der Waals surface area contributed by atoms with Gasteiger partial charge in [-0.1, -0.05) is 157 Å². The van der Waals surface area contributed by atoms with Gasteiger partial charge < -0.3 is 13.6 Å². The minimum absolute atomic E-state index is 0.153. The van der Waals surface area contributed by atoms with E-state index in [1.807, 2.05) is 0 Å². The molecule has 4 rings (SSSR count). The molecule has 0 amide bonds. The standard InChI is InChI=1S/C55H97BrO3Si/c1-10-12-13-14-15-16-17-18-19-20-21-22-23-24-27-30-53(59-60(8,9)57-42-29-26-25-28-41-56)58-48-37-39-54(6)47(43-48)33-34-49-51-36-35-50(55(51,7)40-38-52(49)54)45(5)31-32-46(11-2)44(3)4/h15-16,18-19,31-33,44-46,48-53H,10-14,17,20-30,34-43H2,1-9H3/b16-15-,19-18-,32-31+. The van der Waals surface area contributed by atoms with Gasteiger partial charge in [0.1, 0.15) is 6.29 Å². The van der Waals surface area contributed by atoms with Crippen LogP contribution in [0.2, 0.25) is 13.1 Å². The number of allylic oxidation sites excluding steroid dienone is 7. The van der Waals surface area contributed by atoms with E-state index in [1.54, 1.807) is 5.57 Å². The topological polar surface area (TPSA) is 27.7 Å². The third-order valence-electron chi connectivity index (χ3n) is 16.4. The summed E-state index contributed by atoms with van der Waals surface area (Å²) in [6.07, 6.45) is 49.0. The maximum absolute atomic E-state index is 7.09. The van der Waals surface area contributed by atoms with E-state index in [2.05, 4.69) is 120 Å². The minimum atomic E-state index is -2.32. The van der Waals surface area contributed by atoms with Crippen LogP contribution in [0.4, 0.5) is 0 Å². The van der Waals surface area contributed by atoms with E-state index < -0.39 is 8.56 Å². The Balaban J connectivity index is 1.30. The van der Waals surface area contributed by atoms with Crippen LogP contribution in [0.1, 0.15) is 209 Å². The first kappa shape index (κ1) is 52.2. The van der Waals surface area contributed by atoms with E-state index in [9.17, 15) is 0 Å². The van der Waals surface area contributed by atoms with E-state index in [4.69, 9.17) is 13.6 Å². The van der Waals surface area contributed by atoms with Crippen LogP contribution in [-0.4, -0.2) is 32.9 Å². The molecule has 4 aliphatic rings. The molecule has 4 aliphatic carbocycles. The van der Waals surface area contributed by atoms with Crippen LogP contribution in [-0.2, 0) is 13.6 Å². The lowest BCUT2D eigenvalue weighted by Crippen LogP contribution is -2.51. The van der Waals surface area contributed by atoms with E-state index in [0.717, 1.165) is 73.6 Å². The zero-order valence-corrected chi connectivity index (χ0v) is 43.5. The van der Waals surface area contributed by atoms with Crippen molar-refractivity contribution < 1.29 is 13.6 Å². The molecule has 0 radical (unpaired) electrons. The van der Waals surface area contributed by atoms with Crippen LogP contribution >= 0.6 is 15.9 Å². The van der Waals surface area contributed by atoms with Gasteiger partial charge in [0.25, 0.3) is 0 Å². The van der Waals surface area contributed by atoms with Crippen molar-refractivity contribution in [2.24, 2.45) is 52.3 Å². The maximum Gasteiger partial charge on any atom is 0.333 e. The zero-order valence-electron chi connectivity index (χ0n) is 40.9. The molecule has 3 nitrogen and oxygen atoms in total. The van der Waals surface area contributed by atoms with Gasteiger partial charge in [-0.15, -0.1) is 0 Å². The highest BCUT2D eigenvalue weighted by molar-refractivity contribution is 9.09. The van der Waals surface area contributed by atoms with Crippen LogP contribution in [0, 0.1) is 52.3 Å². The van der Waals surface area contributed by atoms with Crippen molar-refractivity contribution in [1.82, 2.24) is 0 Å². The number of rotatable bonds is 30. The van der Waals surface area contributed by atoms with Gasteiger partial charge in [0.05, 0.1) is 6.10 Å². The number of unbranched alkanes of at least 4 members (excludes halogenated alkanes) is 11. The van der Waals surface area contributed by atoms with Crippen LogP contribution in [0.25, 0.3) is 0 Å². The molecule has 5 heteroatoms. The number of hydrogen-bond donors (Lipinski definition) is 0. The maximum atomic E-state index is 7.09. The highest BCUT2D eigenvalue weighted by Crippen LogP contribution is 2.67. The Labute approximate surface area is 383 Å². The Morgan fingerprint density at radius 1 is 0.783 bits per heavy atom. The molecule has 0 N–H and O–H groups in total. The van der Waals surface area contributed by atoms with E-state index in [1.165, 1.54) is 128 Å². The van der Waals surface area contributed by atoms with Gasteiger partial charge in [-0.2, -0.15) is 0 Å². The Bertz CT molecular complexity index is 1300. The average molecular weight is 914 g/mol. The van der Waals surface area contributed by atoms with Crippen LogP contribution < -0.4 is 0 Å². The molecule has 3 saturated carbocycles. The molecule has 0 aliphatic heterocycles. The summed E-state index contributed by atoms with van der Waals surface area (Å²) in [4.78, 5) is 0. The quantitative estimate of drug-likeness (QED) is 0.0236. The number of halogens is 1. The SMILES string of the molecule is CCCCC/C=C\C/C=C\CCCCCCCC(OC1CCC2(C)C(=CCC3C2CCC2(C)C(C(C)/C=C/C(CC)C(C)C)CCC32)C1)O[Si](C)(C)OCCCCCCBr. The molecular formula is C55H97BrO3Si. The molecule has 0 saturated heterocycles. The highest BCUT2D eigenvalue weighted by atomic mass is 79.9. The van der Waals surface area contributed by atoms with Crippen LogP contribution in [0.5, 0.6) is 0 Å². The third-order valence-corrected chi connectivity index (χ3v) is 18.7. The summed E-state index contributed by atoms with van der Waals surface area (Å²) in [5, 5.41) is 1.10. The molecule has 10 unspecified atom stereocenters. The Morgan fingerprint density at radius 3 is 2.20 bits per heavy atom. The second-order valence-electron chi connectivity index (χ2n) is 21.5. The van der Waals surface area contributed by atoms with E-state index >= 15 is 0 Å². The first-order valence-corrected chi connectivity index (χ1v) is 30.0. The van der Waals surface area contributed by atoms with Crippen molar-refractivity contribution >= 4 is 24.5 Å². The molecule has 0 aromatic rings. The second-order valence-corrected chi connectivity index (χ2v) is 25.6. The number of alkyl halides is 1. The molecule has 3 fully saturated rings. The largest absolute Gasteiger partial charge is 0.394 e. The minimum Gasteiger partial charge on any atom is -0.394 e. The zero-order chi connectivity index (χ0) is 43.4. The Hall–Kier alpha value is -0.463. The molecular weight excluding hydrogens is 817 g/mol. The van der Waals surface area contributed by atoms with Gasteiger partial charge in [-0.25, -0.2) is 0 Å². The molecule has 0 heterocycles. The normalized spacial score (nSPS) is 29.9. The van der Waals surface area contributed by atoms with Crippen LogP contribution in [0.3, 0.4) is 0 Å². The lowest BCUT2D eigenvalue weighted by molar-refractivity contribution is -0.150. The smallest absolute Gasteiger partial charge is 0.333 e. The highest BCUT2D eigenvalue weighted by Gasteiger charge is 2.59. The Kier molecular flexibility index (Phi) is 23.6. The van der Waals surface area contributed by atoms with Gasteiger partial charge in [0.15, 0.2) is 0 Å². The Morgan fingerprint density at radius 2 is 1.48 bits per heavy atom.